The van der Waals surface area contributed by atoms with Gasteiger partial charge in [-0.15, -0.1) is 4.43 Å². The van der Waals surface area contributed by atoms with Crippen molar-refractivity contribution in [3.05, 3.63) is 30.6 Å². The van der Waals surface area contributed by atoms with Crippen LogP contribution in [0.15, 0.2) is 30.6 Å². The first-order valence-corrected chi connectivity index (χ1v) is 9.97. The summed E-state index contributed by atoms with van der Waals surface area (Å²) in [7, 11) is 1.97. The third-order valence-corrected chi connectivity index (χ3v) is 6.02. The standard InChI is InChI=1S/C20H24N3O2.Al/c1-21-16-11-15(12-16)20(24)23-9-6-17(7-10-23)25-19-4-2-3-14-5-8-22-13-18(14)19;/h3-5,8,13,15-17,21H,6-7,9-12H2,1H3;. The van der Waals surface area contributed by atoms with Crippen LogP contribution in [-0.2, 0) is 4.79 Å². The second-order valence-electron chi connectivity index (χ2n) is 7.41. The Morgan fingerprint density at radius 2 is 2.08 bits per heavy atom. The normalized spacial score (nSPS) is 23.7. The summed E-state index contributed by atoms with van der Waals surface area (Å²) in [6.45, 7) is 1.59. The summed E-state index contributed by atoms with van der Waals surface area (Å²) >= 11 is 2.74. The van der Waals surface area contributed by atoms with E-state index in [4.69, 9.17) is 4.74 Å². The van der Waals surface area contributed by atoms with Crippen molar-refractivity contribution in [1.29, 1.82) is 0 Å². The summed E-state index contributed by atoms with van der Waals surface area (Å²) in [5, 5.41) is 5.43. The molecule has 1 aromatic carbocycles. The molecule has 1 saturated heterocycles. The lowest BCUT2D eigenvalue weighted by atomic mass is 9.79. The molecule has 2 aromatic rings. The zero-order valence-corrected chi connectivity index (χ0v) is 16.3. The van der Waals surface area contributed by atoms with Gasteiger partial charge in [0.25, 0.3) is 0 Å². The molecule has 2 radical (unpaired) electrons. The van der Waals surface area contributed by atoms with Gasteiger partial charge in [0.2, 0.25) is 5.91 Å². The van der Waals surface area contributed by atoms with Crippen LogP contribution in [0, 0.1) is 5.92 Å². The first kappa shape index (κ1) is 17.8. The molecule has 6 heteroatoms. The number of amides is 1. The van der Waals surface area contributed by atoms with Gasteiger partial charge in [-0.05, 0) is 37.4 Å². The van der Waals surface area contributed by atoms with Gasteiger partial charge in [-0.1, -0.05) is 6.07 Å². The zero-order chi connectivity index (χ0) is 18.1. The molecule has 2 heterocycles. The molecule has 1 aliphatic heterocycles. The number of nitrogens with one attached hydrogen (secondary N) is 1. The van der Waals surface area contributed by atoms with Crippen LogP contribution in [0.3, 0.4) is 0 Å². The van der Waals surface area contributed by atoms with E-state index in [0.29, 0.717) is 11.9 Å². The third kappa shape index (κ3) is 3.59. The van der Waals surface area contributed by atoms with Gasteiger partial charge < -0.3 is 15.0 Å². The Labute approximate surface area is 162 Å². The van der Waals surface area contributed by atoms with E-state index in [2.05, 4.69) is 38.7 Å². The van der Waals surface area contributed by atoms with Crippen LogP contribution < -0.4 is 14.5 Å². The first-order chi connectivity index (χ1) is 12.6. The summed E-state index contributed by atoms with van der Waals surface area (Å²) in [6, 6.07) is 6.70. The van der Waals surface area contributed by atoms with Gasteiger partial charge in [0, 0.05) is 55.7 Å². The van der Waals surface area contributed by atoms with Crippen molar-refractivity contribution in [1.82, 2.24) is 15.2 Å². The van der Waals surface area contributed by atoms with Gasteiger partial charge in [0.15, 0.2) is 16.3 Å². The van der Waals surface area contributed by atoms with Crippen molar-refractivity contribution in [2.45, 2.75) is 37.8 Å². The van der Waals surface area contributed by atoms with Gasteiger partial charge in [0.1, 0.15) is 11.9 Å². The number of carbonyl (C=O) groups is 1. The van der Waals surface area contributed by atoms with Crippen LogP contribution in [0.25, 0.3) is 10.8 Å². The number of likely N-dealkylation sites (tertiary alicyclic amines) is 1. The highest BCUT2D eigenvalue weighted by Gasteiger charge is 2.37. The minimum Gasteiger partial charge on any atom is -0.490 e. The number of carbonyl (C=O) groups excluding carboxylic acids is 1. The number of ether oxygens (including phenoxy) is 1. The van der Waals surface area contributed by atoms with Gasteiger partial charge in [0.05, 0.1) is 0 Å². The van der Waals surface area contributed by atoms with Crippen molar-refractivity contribution in [2.24, 2.45) is 5.92 Å². The maximum Gasteiger partial charge on any atom is 0.225 e. The summed E-state index contributed by atoms with van der Waals surface area (Å²) in [5.41, 5.74) is 0. The number of fused-ring (bicyclic) bond motifs is 1. The Hall–Kier alpha value is -1.61. The molecule has 1 N–H and O–H groups in total. The Morgan fingerprint density at radius 3 is 2.81 bits per heavy atom. The minimum absolute atomic E-state index is 0.153. The fraction of sp³-hybridized carbons (Fsp3) is 0.500. The van der Waals surface area contributed by atoms with E-state index in [1.807, 2.05) is 24.2 Å². The third-order valence-electron chi connectivity index (χ3n) is 5.68. The van der Waals surface area contributed by atoms with Crippen LogP contribution in [0.5, 0.6) is 5.75 Å². The summed E-state index contributed by atoms with van der Waals surface area (Å²) in [5.74, 6) is 1.44. The average molecular weight is 365 g/mol. The Kier molecular flexibility index (Phi) is 5.17. The fourth-order valence-corrected chi connectivity index (χ4v) is 4.30. The predicted octanol–water partition coefficient (Wildman–Crippen LogP) is 1.40. The molecule has 1 saturated carbocycles. The molecule has 1 aliphatic carbocycles. The predicted molar refractivity (Wildman–Crippen MR) is 103 cm³/mol. The van der Waals surface area contributed by atoms with E-state index in [-0.39, 0.29) is 12.0 Å². The van der Waals surface area contributed by atoms with Crippen LogP contribution in [0.4, 0.5) is 0 Å². The molecular formula is C20H24AlN3O2. The van der Waals surface area contributed by atoms with Crippen LogP contribution >= 0.6 is 0 Å². The summed E-state index contributed by atoms with van der Waals surface area (Å²) < 4.78 is 7.42. The zero-order valence-electron chi connectivity index (χ0n) is 15.1. The highest BCUT2D eigenvalue weighted by atomic mass is 27.0. The molecule has 1 aromatic heterocycles. The molecule has 2 aliphatic rings. The van der Waals surface area contributed by atoms with E-state index in [1.54, 1.807) is 6.20 Å². The highest BCUT2D eigenvalue weighted by molar-refractivity contribution is 6.33. The van der Waals surface area contributed by atoms with Crippen LogP contribution in [0.1, 0.15) is 25.7 Å². The van der Waals surface area contributed by atoms with Crippen molar-refractivity contribution in [2.75, 3.05) is 20.1 Å². The topological polar surface area (TPSA) is 54.5 Å². The van der Waals surface area contributed by atoms with E-state index >= 15 is 0 Å². The lowest BCUT2D eigenvalue weighted by molar-refractivity contribution is -0.140. The molecule has 1 amide bonds. The summed E-state index contributed by atoms with van der Waals surface area (Å²) in [6.07, 6.45) is 7.55. The Morgan fingerprint density at radius 1 is 1.31 bits per heavy atom. The maximum absolute atomic E-state index is 12.6. The van der Waals surface area contributed by atoms with Crippen molar-refractivity contribution >= 4 is 37.4 Å². The monoisotopic (exact) mass is 365 g/mol. The van der Waals surface area contributed by atoms with Crippen LogP contribution in [-0.4, -0.2) is 64.4 Å². The highest BCUT2D eigenvalue weighted by Crippen LogP contribution is 2.31. The smallest absolute Gasteiger partial charge is 0.225 e. The molecule has 0 bridgehead atoms. The number of aromatic nitrogens is 1. The number of benzene rings is 1. The quantitative estimate of drug-likeness (QED) is 0.833. The number of rotatable bonds is 4. The molecule has 5 nitrogen and oxygen atoms in total. The van der Waals surface area contributed by atoms with Gasteiger partial charge in [-0.3, -0.25) is 9.78 Å². The molecule has 26 heavy (non-hydrogen) atoms. The number of pyridine rings is 1. The number of piperidine rings is 1. The van der Waals surface area contributed by atoms with E-state index in [1.165, 1.54) is 0 Å². The second kappa shape index (κ2) is 7.56. The SMILES string of the molecule is CNC1CC(C(=O)N2CCC(Oc3c[c]([Al])cc4ccncc34)CC2)C1. The van der Waals surface area contributed by atoms with Gasteiger partial charge in [-0.25, -0.2) is 0 Å². The molecule has 2 fully saturated rings. The minimum atomic E-state index is 0.153. The van der Waals surface area contributed by atoms with Crippen molar-refractivity contribution in [3.63, 3.8) is 0 Å². The molecule has 4 rings (SSSR count). The average Bonchev–Trinajstić information content (AvgIpc) is 2.61. The van der Waals surface area contributed by atoms with Gasteiger partial charge in [-0.2, -0.15) is 0 Å². The maximum atomic E-state index is 12.6. The summed E-state index contributed by atoms with van der Waals surface area (Å²) in [4.78, 5) is 18.8. The fourth-order valence-electron chi connectivity index (χ4n) is 3.97. The Balaban J connectivity index is 1.37. The van der Waals surface area contributed by atoms with Crippen molar-refractivity contribution in [3.8, 4) is 5.75 Å². The second-order valence-corrected chi connectivity index (χ2v) is 8.08. The lowest BCUT2D eigenvalue weighted by Gasteiger charge is -2.40. The number of hydrogen-bond donors (Lipinski definition) is 1. The molecule has 0 unspecified atom stereocenters. The first-order valence-electron chi connectivity index (χ1n) is 9.40. The van der Waals surface area contributed by atoms with E-state index in [9.17, 15) is 4.79 Å². The molecule has 134 valence electrons. The largest absolute Gasteiger partial charge is 0.490 e. The molecule has 0 spiro atoms. The molecular weight excluding hydrogens is 341 g/mol. The molecule has 0 atom stereocenters. The van der Waals surface area contributed by atoms with Gasteiger partial charge >= 0.3 is 0 Å². The van der Waals surface area contributed by atoms with Crippen LogP contribution in [0.2, 0.25) is 0 Å². The lowest BCUT2D eigenvalue weighted by Crippen LogP contribution is -2.50. The number of nitrogens with zero attached hydrogens (tertiary/aromatic N) is 2. The Bertz CT molecular complexity index is 799. The van der Waals surface area contributed by atoms with Crippen molar-refractivity contribution < 1.29 is 9.53 Å². The van der Waals surface area contributed by atoms with E-state index < -0.39 is 0 Å². The number of hydrogen-bond acceptors (Lipinski definition) is 4. The van der Waals surface area contributed by atoms with E-state index in [0.717, 1.165) is 59.7 Å².